The van der Waals surface area contributed by atoms with Crippen molar-refractivity contribution < 1.29 is 13.3 Å². The van der Waals surface area contributed by atoms with Crippen molar-refractivity contribution in [3.63, 3.8) is 0 Å². The van der Waals surface area contributed by atoms with Crippen molar-refractivity contribution in [3.8, 4) is 0 Å². The fourth-order valence-electron chi connectivity index (χ4n) is 3.44. The van der Waals surface area contributed by atoms with Crippen molar-refractivity contribution >= 4 is 21.4 Å². The van der Waals surface area contributed by atoms with Gasteiger partial charge in [-0.1, -0.05) is 60.7 Å². The zero-order valence-electron chi connectivity index (χ0n) is 18.6. The lowest BCUT2D eigenvalue weighted by Gasteiger charge is -2.21. The molecule has 0 heterocycles. The van der Waals surface area contributed by atoms with Gasteiger partial charge in [0.2, 0.25) is 10.0 Å². The molecule has 0 aromatic heterocycles. The highest BCUT2D eigenvalue weighted by Gasteiger charge is 2.24. The predicted molar refractivity (Wildman–Crippen MR) is 130 cm³/mol. The maximum atomic E-state index is 12.7. The normalized spacial score (nSPS) is 11.6. The standard InChI is InChI=1S/C24H28N4O4S/c1-27(2)17-9-16-25-33(31,32)21-14-15-22(23(18-21)28(29)30)26-24(19-10-5-3-6-11-19)20-12-7-4-8-13-20/h3-8,10-15,18,24-26H,9,16-17H2,1-2H3. The van der Waals surface area contributed by atoms with E-state index in [0.717, 1.165) is 23.7 Å². The van der Waals surface area contributed by atoms with E-state index in [2.05, 4.69) is 10.0 Å². The Balaban J connectivity index is 1.90. The molecule has 0 aliphatic carbocycles. The van der Waals surface area contributed by atoms with Gasteiger partial charge in [0.25, 0.3) is 5.69 Å². The number of hydrogen-bond donors (Lipinski definition) is 2. The zero-order chi connectivity index (χ0) is 23.8. The molecule has 0 atom stereocenters. The van der Waals surface area contributed by atoms with Gasteiger partial charge < -0.3 is 10.2 Å². The number of nitrogens with zero attached hydrogens (tertiary/aromatic N) is 2. The van der Waals surface area contributed by atoms with Gasteiger partial charge in [0.05, 0.1) is 15.9 Å². The van der Waals surface area contributed by atoms with Crippen LogP contribution in [0.3, 0.4) is 0 Å². The number of sulfonamides is 1. The lowest BCUT2D eigenvalue weighted by atomic mass is 9.98. The maximum Gasteiger partial charge on any atom is 0.293 e. The Hall–Kier alpha value is -3.27. The van der Waals surface area contributed by atoms with E-state index in [4.69, 9.17) is 0 Å². The summed E-state index contributed by atoms with van der Waals surface area (Å²) in [4.78, 5) is 13.1. The SMILES string of the molecule is CN(C)CCCNS(=O)(=O)c1ccc(NC(c2ccccc2)c2ccccc2)c([N+](=O)[O-])c1. The van der Waals surface area contributed by atoms with E-state index in [1.54, 1.807) is 0 Å². The number of benzene rings is 3. The highest BCUT2D eigenvalue weighted by atomic mass is 32.2. The molecule has 0 fully saturated rings. The van der Waals surface area contributed by atoms with Crippen LogP contribution in [0.25, 0.3) is 0 Å². The molecule has 3 aromatic rings. The molecule has 3 aromatic carbocycles. The first-order valence-corrected chi connectivity index (χ1v) is 12.1. The summed E-state index contributed by atoms with van der Waals surface area (Å²) in [7, 11) is -0.0555. The molecule has 0 radical (unpaired) electrons. The average Bonchev–Trinajstić information content (AvgIpc) is 2.81. The van der Waals surface area contributed by atoms with E-state index in [1.165, 1.54) is 12.1 Å². The van der Waals surface area contributed by atoms with Gasteiger partial charge in [0.15, 0.2) is 0 Å². The molecule has 174 valence electrons. The highest BCUT2D eigenvalue weighted by molar-refractivity contribution is 7.89. The summed E-state index contributed by atoms with van der Waals surface area (Å²) >= 11 is 0. The summed E-state index contributed by atoms with van der Waals surface area (Å²) in [5.74, 6) is 0. The first-order valence-electron chi connectivity index (χ1n) is 10.6. The van der Waals surface area contributed by atoms with E-state index in [1.807, 2.05) is 79.7 Å². The molecule has 0 amide bonds. The number of rotatable bonds is 11. The van der Waals surface area contributed by atoms with Crippen LogP contribution < -0.4 is 10.0 Å². The number of nitro groups is 1. The van der Waals surface area contributed by atoms with E-state index < -0.39 is 14.9 Å². The minimum Gasteiger partial charge on any atom is -0.369 e. The van der Waals surface area contributed by atoms with Gasteiger partial charge in [-0.15, -0.1) is 0 Å². The van der Waals surface area contributed by atoms with Gasteiger partial charge in [-0.3, -0.25) is 10.1 Å². The molecule has 0 bridgehead atoms. The molecule has 2 N–H and O–H groups in total. The summed E-state index contributed by atoms with van der Waals surface area (Å²) < 4.78 is 27.8. The summed E-state index contributed by atoms with van der Waals surface area (Å²) in [5.41, 5.74) is 1.79. The summed E-state index contributed by atoms with van der Waals surface area (Å²) in [6.45, 7) is 0.976. The van der Waals surface area contributed by atoms with Gasteiger partial charge in [0.1, 0.15) is 5.69 Å². The molecule has 0 spiro atoms. The third-order valence-electron chi connectivity index (χ3n) is 5.12. The van der Waals surface area contributed by atoms with Gasteiger partial charge in [-0.05, 0) is 50.3 Å². The number of hydrogen-bond acceptors (Lipinski definition) is 6. The number of nitrogens with one attached hydrogen (secondary N) is 2. The average molecular weight is 469 g/mol. The van der Waals surface area contributed by atoms with Crippen LogP contribution in [-0.4, -0.2) is 45.4 Å². The fraction of sp³-hybridized carbons (Fsp3) is 0.250. The van der Waals surface area contributed by atoms with Gasteiger partial charge in [0, 0.05) is 12.6 Å². The number of anilines is 1. The van der Waals surface area contributed by atoms with Crippen LogP contribution in [0.4, 0.5) is 11.4 Å². The van der Waals surface area contributed by atoms with Crippen LogP contribution >= 0.6 is 0 Å². The van der Waals surface area contributed by atoms with Crippen LogP contribution in [-0.2, 0) is 10.0 Å². The highest BCUT2D eigenvalue weighted by Crippen LogP contribution is 2.33. The first-order chi connectivity index (χ1) is 15.8. The quantitative estimate of drug-likeness (QED) is 0.250. The molecule has 8 nitrogen and oxygen atoms in total. The van der Waals surface area contributed by atoms with Crippen LogP contribution in [0.1, 0.15) is 23.6 Å². The van der Waals surface area contributed by atoms with Crippen molar-refractivity contribution in [1.29, 1.82) is 0 Å². The minimum atomic E-state index is -3.86. The number of nitro benzene ring substituents is 1. The van der Waals surface area contributed by atoms with Crippen molar-refractivity contribution in [1.82, 2.24) is 9.62 Å². The smallest absolute Gasteiger partial charge is 0.293 e. The van der Waals surface area contributed by atoms with Crippen LogP contribution in [0.15, 0.2) is 83.8 Å². The Bertz CT molecular complexity index is 1130. The second-order valence-electron chi connectivity index (χ2n) is 7.89. The molecule has 0 unspecified atom stereocenters. The van der Waals surface area contributed by atoms with E-state index in [-0.39, 0.29) is 28.9 Å². The summed E-state index contributed by atoms with van der Waals surface area (Å²) in [6.07, 6.45) is 0.629. The topological polar surface area (TPSA) is 105 Å². The van der Waals surface area contributed by atoms with E-state index >= 15 is 0 Å². The second kappa shape index (κ2) is 11.0. The predicted octanol–water partition coefficient (Wildman–Crippen LogP) is 4.03. The molecule has 0 aliphatic rings. The van der Waals surface area contributed by atoms with E-state index in [0.29, 0.717) is 6.42 Å². The van der Waals surface area contributed by atoms with E-state index in [9.17, 15) is 18.5 Å². The largest absolute Gasteiger partial charge is 0.369 e. The first kappa shape index (κ1) is 24.4. The Labute approximate surface area is 194 Å². The lowest BCUT2D eigenvalue weighted by Crippen LogP contribution is -2.27. The van der Waals surface area contributed by atoms with Crippen LogP contribution in [0.2, 0.25) is 0 Å². The van der Waals surface area contributed by atoms with Crippen molar-refractivity contribution in [2.75, 3.05) is 32.5 Å². The molecule has 0 aliphatic heterocycles. The Morgan fingerprint density at radius 1 is 0.939 bits per heavy atom. The molecular formula is C24H28N4O4S. The van der Waals surface area contributed by atoms with Crippen molar-refractivity contribution in [2.45, 2.75) is 17.4 Å². The van der Waals surface area contributed by atoms with Crippen LogP contribution in [0, 0.1) is 10.1 Å². The van der Waals surface area contributed by atoms with Gasteiger partial charge >= 0.3 is 0 Å². The zero-order valence-corrected chi connectivity index (χ0v) is 19.5. The molecule has 0 saturated carbocycles. The summed E-state index contributed by atoms with van der Waals surface area (Å²) in [6, 6.07) is 22.7. The fourth-order valence-corrected chi connectivity index (χ4v) is 4.54. The third kappa shape index (κ3) is 6.61. The molecule has 9 heteroatoms. The summed E-state index contributed by atoms with van der Waals surface area (Å²) in [5, 5.41) is 15.1. The Kier molecular flexibility index (Phi) is 8.16. The maximum absolute atomic E-state index is 12.7. The Morgan fingerprint density at radius 3 is 2.03 bits per heavy atom. The molecular weight excluding hydrogens is 440 g/mol. The van der Waals surface area contributed by atoms with Gasteiger partial charge in [-0.2, -0.15) is 0 Å². The van der Waals surface area contributed by atoms with Crippen molar-refractivity contribution in [3.05, 3.63) is 100 Å². The molecule has 0 saturated heterocycles. The molecule has 3 rings (SSSR count). The monoisotopic (exact) mass is 468 g/mol. The van der Waals surface area contributed by atoms with Crippen molar-refractivity contribution in [2.24, 2.45) is 0 Å². The second-order valence-corrected chi connectivity index (χ2v) is 9.66. The molecule has 33 heavy (non-hydrogen) atoms. The third-order valence-corrected chi connectivity index (χ3v) is 6.57. The lowest BCUT2D eigenvalue weighted by molar-refractivity contribution is -0.384. The van der Waals surface area contributed by atoms with Crippen LogP contribution in [0.5, 0.6) is 0 Å². The van der Waals surface area contributed by atoms with Gasteiger partial charge in [-0.25, -0.2) is 13.1 Å². The minimum absolute atomic E-state index is 0.138. The Morgan fingerprint density at radius 2 is 1.52 bits per heavy atom.